The Labute approximate surface area is 146 Å². The van der Waals surface area contributed by atoms with Crippen LogP contribution >= 0.6 is 12.4 Å². The number of urea groups is 1. The number of benzene rings is 1. The zero-order chi connectivity index (χ0) is 16.4. The van der Waals surface area contributed by atoms with Crippen LogP contribution in [-0.2, 0) is 10.3 Å². The molecule has 2 fully saturated rings. The summed E-state index contributed by atoms with van der Waals surface area (Å²) in [5, 5.41) is 11.1. The molecule has 2 unspecified atom stereocenters. The minimum absolute atomic E-state index is 0. The predicted molar refractivity (Wildman–Crippen MR) is 91.1 cm³/mol. The Morgan fingerprint density at radius 3 is 2.50 bits per heavy atom. The van der Waals surface area contributed by atoms with Crippen molar-refractivity contribution in [3.8, 4) is 0 Å². The van der Waals surface area contributed by atoms with Crippen molar-refractivity contribution in [3.05, 3.63) is 35.4 Å². The van der Waals surface area contributed by atoms with Crippen LogP contribution in [0, 0.1) is 0 Å². The number of carbonyl (C=O) groups excluding carboxylic acids is 3. The molecule has 0 aromatic heterocycles. The molecule has 1 aromatic rings. The van der Waals surface area contributed by atoms with Crippen molar-refractivity contribution in [3.63, 3.8) is 0 Å². The largest absolute Gasteiger partial charge is 0.348 e. The molecule has 2 saturated heterocycles. The maximum atomic E-state index is 12.3. The lowest BCUT2D eigenvalue weighted by molar-refractivity contribution is -0.123. The number of halogens is 1. The van der Waals surface area contributed by atoms with Crippen LogP contribution in [0.25, 0.3) is 0 Å². The summed E-state index contributed by atoms with van der Waals surface area (Å²) in [6, 6.07) is 6.36. The molecular weight excluding hydrogens is 332 g/mol. The van der Waals surface area contributed by atoms with E-state index in [2.05, 4.69) is 21.3 Å². The first kappa shape index (κ1) is 18.2. The van der Waals surface area contributed by atoms with Gasteiger partial charge in [0.2, 0.25) is 0 Å². The van der Waals surface area contributed by atoms with Crippen LogP contribution in [0.15, 0.2) is 24.3 Å². The highest BCUT2D eigenvalue weighted by molar-refractivity contribution is 6.07. The SMILES string of the molecule is CC1(c2ccc(C(=O)NC3CCCNC3)cc2)NC(=O)NC1=O.Cl. The van der Waals surface area contributed by atoms with Crippen molar-refractivity contribution >= 4 is 30.3 Å². The molecule has 4 N–H and O–H groups in total. The minimum atomic E-state index is -1.10. The molecule has 3 rings (SSSR count). The highest BCUT2D eigenvalue weighted by atomic mass is 35.5. The van der Waals surface area contributed by atoms with Gasteiger partial charge >= 0.3 is 6.03 Å². The van der Waals surface area contributed by atoms with Crippen LogP contribution in [0.1, 0.15) is 35.7 Å². The lowest BCUT2D eigenvalue weighted by Gasteiger charge is -2.24. The number of hydrogen-bond donors (Lipinski definition) is 4. The van der Waals surface area contributed by atoms with E-state index in [0.717, 1.165) is 25.9 Å². The lowest BCUT2D eigenvalue weighted by Crippen LogP contribution is -2.45. The Morgan fingerprint density at radius 2 is 1.96 bits per heavy atom. The number of carbonyl (C=O) groups is 3. The van der Waals surface area contributed by atoms with Gasteiger partial charge in [-0.2, -0.15) is 0 Å². The number of hydrogen-bond acceptors (Lipinski definition) is 4. The predicted octanol–water partition coefficient (Wildman–Crippen LogP) is 0.645. The number of amides is 4. The maximum absolute atomic E-state index is 12.3. The molecule has 4 amide bonds. The van der Waals surface area contributed by atoms with Gasteiger partial charge in [-0.1, -0.05) is 12.1 Å². The summed E-state index contributed by atoms with van der Waals surface area (Å²) >= 11 is 0. The lowest BCUT2D eigenvalue weighted by atomic mass is 9.91. The third-order valence-corrected chi connectivity index (χ3v) is 4.40. The zero-order valence-corrected chi connectivity index (χ0v) is 14.2. The van der Waals surface area contributed by atoms with E-state index in [1.165, 1.54) is 0 Å². The quantitative estimate of drug-likeness (QED) is 0.600. The Kier molecular flexibility index (Phi) is 5.46. The molecule has 0 saturated carbocycles. The Bertz CT molecular complexity index is 643. The fourth-order valence-electron chi connectivity index (χ4n) is 2.95. The summed E-state index contributed by atoms with van der Waals surface area (Å²) in [4.78, 5) is 35.5. The second kappa shape index (κ2) is 7.19. The fourth-order valence-corrected chi connectivity index (χ4v) is 2.95. The van der Waals surface area contributed by atoms with E-state index in [9.17, 15) is 14.4 Å². The van der Waals surface area contributed by atoms with Gasteiger partial charge in [-0.3, -0.25) is 14.9 Å². The van der Waals surface area contributed by atoms with Gasteiger partial charge in [-0.15, -0.1) is 12.4 Å². The first-order valence-electron chi connectivity index (χ1n) is 7.75. The Balaban J connectivity index is 0.00000208. The topological polar surface area (TPSA) is 99.3 Å². The molecule has 8 heteroatoms. The van der Waals surface area contributed by atoms with Gasteiger partial charge < -0.3 is 16.0 Å². The van der Waals surface area contributed by atoms with E-state index in [0.29, 0.717) is 11.1 Å². The summed E-state index contributed by atoms with van der Waals surface area (Å²) in [7, 11) is 0. The molecule has 0 aliphatic carbocycles. The molecule has 24 heavy (non-hydrogen) atoms. The maximum Gasteiger partial charge on any atom is 0.322 e. The van der Waals surface area contributed by atoms with Gasteiger partial charge in [0.1, 0.15) is 5.54 Å². The van der Waals surface area contributed by atoms with Gasteiger partial charge in [0.25, 0.3) is 11.8 Å². The molecule has 2 aliphatic rings. The second-order valence-corrected chi connectivity index (χ2v) is 6.13. The van der Waals surface area contributed by atoms with Crippen molar-refractivity contribution in [2.75, 3.05) is 13.1 Å². The Morgan fingerprint density at radius 1 is 1.25 bits per heavy atom. The van der Waals surface area contributed by atoms with Gasteiger partial charge in [0, 0.05) is 18.2 Å². The molecular formula is C16H21ClN4O3. The third kappa shape index (κ3) is 3.52. The van der Waals surface area contributed by atoms with Gasteiger partial charge in [0.05, 0.1) is 0 Å². The summed E-state index contributed by atoms with van der Waals surface area (Å²) in [6.07, 6.45) is 2.03. The van der Waals surface area contributed by atoms with Crippen molar-refractivity contribution < 1.29 is 14.4 Å². The molecule has 0 radical (unpaired) electrons. The number of rotatable bonds is 3. The third-order valence-electron chi connectivity index (χ3n) is 4.40. The van der Waals surface area contributed by atoms with Gasteiger partial charge in [0.15, 0.2) is 0 Å². The van der Waals surface area contributed by atoms with E-state index in [-0.39, 0.29) is 24.4 Å². The summed E-state index contributed by atoms with van der Waals surface area (Å²) in [6.45, 7) is 3.41. The molecule has 1 aromatic carbocycles. The summed E-state index contributed by atoms with van der Waals surface area (Å²) in [5.74, 6) is -0.525. The smallest absolute Gasteiger partial charge is 0.322 e. The van der Waals surface area contributed by atoms with E-state index >= 15 is 0 Å². The van der Waals surface area contributed by atoms with Crippen LogP contribution in [-0.4, -0.2) is 37.0 Å². The summed E-state index contributed by atoms with van der Waals surface area (Å²) < 4.78 is 0. The van der Waals surface area contributed by atoms with Crippen molar-refractivity contribution in [1.82, 2.24) is 21.3 Å². The van der Waals surface area contributed by atoms with Crippen LogP contribution in [0.2, 0.25) is 0 Å². The van der Waals surface area contributed by atoms with Crippen molar-refractivity contribution in [2.24, 2.45) is 0 Å². The van der Waals surface area contributed by atoms with Gasteiger partial charge in [-0.05, 0) is 44.0 Å². The minimum Gasteiger partial charge on any atom is -0.348 e. The average Bonchev–Trinajstić information content (AvgIpc) is 2.82. The molecule has 2 atom stereocenters. The summed E-state index contributed by atoms with van der Waals surface area (Å²) in [5.41, 5.74) is 0.0729. The van der Waals surface area contributed by atoms with Gasteiger partial charge in [-0.25, -0.2) is 4.79 Å². The van der Waals surface area contributed by atoms with Crippen LogP contribution < -0.4 is 21.3 Å². The molecule has 0 spiro atoms. The molecule has 0 bridgehead atoms. The highest BCUT2D eigenvalue weighted by Crippen LogP contribution is 2.24. The van der Waals surface area contributed by atoms with E-state index < -0.39 is 17.5 Å². The monoisotopic (exact) mass is 352 g/mol. The van der Waals surface area contributed by atoms with E-state index in [1.54, 1.807) is 31.2 Å². The van der Waals surface area contributed by atoms with Crippen LogP contribution in [0.5, 0.6) is 0 Å². The van der Waals surface area contributed by atoms with Crippen molar-refractivity contribution in [2.45, 2.75) is 31.3 Å². The van der Waals surface area contributed by atoms with Crippen molar-refractivity contribution in [1.29, 1.82) is 0 Å². The average molecular weight is 353 g/mol. The highest BCUT2D eigenvalue weighted by Gasteiger charge is 2.43. The zero-order valence-electron chi connectivity index (χ0n) is 13.3. The van der Waals surface area contributed by atoms with Crippen LogP contribution in [0.4, 0.5) is 4.79 Å². The second-order valence-electron chi connectivity index (χ2n) is 6.13. The Hall–Kier alpha value is -2.12. The normalized spacial score (nSPS) is 26.1. The van der Waals surface area contributed by atoms with E-state index in [1.807, 2.05) is 0 Å². The molecule has 2 aliphatic heterocycles. The molecule has 7 nitrogen and oxygen atoms in total. The molecule has 2 heterocycles. The number of nitrogens with one attached hydrogen (secondary N) is 4. The number of piperidine rings is 1. The molecule has 130 valence electrons. The first-order chi connectivity index (χ1) is 11.0. The van der Waals surface area contributed by atoms with E-state index in [4.69, 9.17) is 0 Å². The van der Waals surface area contributed by atoms with Crippen LogP contribution in [0.3, 0.4) is 0 Å². The number of imide groups is 1. The first-order valence-corrected chi connectivity index (χ1v) is 7.75. The standard InChI is InChI=1S/C16H20N4O3.ClH/c1-16(14(22)19-15(23)20-16)11-6-4-10(5-7-11)13(21)18-12-3-2-8-17-9-12;/h4-7,12,17H,2-3,8-9H2,1H3,(H,18,21)(H2,19,20,22,23);1H. The fraction of sp³-hybridized carbons (Fsp3) is 0.438.